The first kappa shape index (κ1) is 33.8. The van der Waals surface area contributed by atoms with Crippen molar-refractivity contribution in [2.75, 3.05) is 45.8 Å². The van der Waals surface area contributed by atoms with E-state index >= 15 is 0 Å². The van der Waals surface area contributed by atoms with E-state index in [1.54, 1.807) is 0 Å². The van der Waals surface area contributed by atoms with Crippen LogP contribution < -0.4 is 22.1 Å². The molecule has 0 spiro atoms. The van der Waals surface area contributed by atoms with Gasteiger partial charge in [0.25, 0.3) is 0 Å². The van der Waals surface area contributed by atoms with Gasteiger partial charge in [0.1, 0.15) is 0 Å². The minimum atomic E-state index is 0.181. The van der Waals surface area contributed by atoms with Crippen molar-refractivity contribution in [1.29, 1.82) is 0 Å². The fourth-order valence-corrected chi connectivity index (χ4v) is 4.18. The van der Waals surface area contributed by atoms with Gasteiger partial charge in [0.15, 0.2) is 0 Å². The van der Waals surface area contributed by atoms with Gasteiger partial charge in [-0.3, -0.25) is 9.59 Å². The molecule has 35 heavy (non-hydrogen) atoms. The van der Waals surface area contributed by atoms with Crippen LogP contribution in [-0.4, -0.2) is 62.5 Å². The van der Waals surface area contributed by atoms with Gasteiger partial charge in [0.05, 0.1) is 0 Å². The van der Waals surface area contributed by atoms with Crippen LogP contribution in [0.25, 0.3) is 0 Å². The van der Waals surface area contributed by atoms with Gasteiger partial charge >= 0.3 is 0 Å². The molecule has 0 radical (unpaired) electrons. The lowest BCUT2D eigenvalue weighted by molar-refractivity contribution is -0.122. The van der Waals surface area contributed by atoms with Gasteiger partial charge in [-0.05, 0) is 103 Å². The van der Waals surface area contributed by atoms with Crippen LogP contribution >= 0.6 is 0 Å². The first-order valence-corrected chi connectivity index (χ1v) is 14.7. The number of amides is 2. The van der Waals surface area contributed by atoms with Crippen LogP contribution in [0.4, 0.5) is 0 Å². The van der Waals surface area contributed by atoms with E-state index in [0.717, 1.165) is 129 Å². The molecule has 208 valence electrons. The second kappa shape index (κ2) is 25.9. The normalized spacial score (nSPS) is 11.4. The number of hydrogen-bond acceptors (Lipinski definition) is 5. The Hall–Kier alpha value is -1.18. The molecular formula is C28H59N5O2. The summed E-state index contributed by atoms with van der Waals surface area (Å²) in [5, 5.41) is 6.09. The van der Waals surface area contributed by atoms with Crippen molar-refractivity contribution in [3.05, 3.63) is 0 Å². The summed E-state index contributed by atoms with van der Waals surface area (Å²) < 4.78 is 0. The molecule has 0 unspecified atom stereocenters. The molecule has 0 fully saturated rings. The number of hydrogen-bond donors (Lipinski definition) is 4. The number of nitrogens with zero attached hydrogens (tertiary/aromatic N) is 1. The molecule has 7 nitrogen and oxygen atoms in total. The molecule has 0 aromatic heterocycles. The quantitative estimate of drug-likeness (QED) is 0.133. The molecule has 0 aromatic rings. The standard InChI is InChI=1S/C28H59N5O2/c1-26(2)16-15-25-33(23-13-7-17-27(34)31-21-11-5-3-9-19-29)24-14-8-18-28(35)32-22-12-6-4-10-20-30/h26H,3-25,29-30H2,1-2H3,(H,31,34)(H,32,35). The van der Waals surface area contributed by atoms with Crippen molar-refractivity contribution in [1.82, 2.24) is 15.5 Å². The molecule has 2 amide bonds. The summed E-state index contributed by atoms with van der Waals surface area (Å²) in [5.74, 6) is 1.09. The Labute approximate surface area is 216 Å². The van der Waals surface area contributed by atoms with Gasteiger partial charge in [0.2, 0.25) is 11.8 Å². The van der Waals surface area contributed by atoms with Crippen LogP contribution in [-0.2, 0) is 9.59 Å². The van der Waals surface area contributed by atoms with Crippen molar-refractivity contribution in [3.63, 3.8) is 0 Å². The van der Waals surface area contributed by atoms with Crippen molar-refractivity contribution in [2.45, 2.75) is 117 Å². The van der Waals surface area contributed by atoms with Crippen LogP contribution in [0.3, 0.4) is 0 Å². The van der Waals surface area contributed by atoms with Gasteiger partial charge in [-0.1, -0.05) is 39.5 Å². The van der Waals surface area contributed by atoms with Gasteiger partial charge in [-0.2, -0.15) is 0 Å². The average molecular weight is 498 g/mol. The van der Waals surface area contributed by atoms with Gasteiger partial charge in [0, 0.05) is 25.9 Å². The molecule has 6 N–H and O–H groups in total. The number of unbranched alkanes of at least 4 members (excludes halogenated alkanes) is 8. The number of carbonyl (C=O) groups is 2. The Morgan fingerprint density at radius 3 is 1.46 bits per heavy atom. The second-order valence-electron chi connectivity index (χ2n) is 10.4. The van der Waals surface area contributed by atoms with Crippen LogP contribution in [0.1, 0.15) is 117 Å². The minimum Gasteiger partial charge on any atom is -0.356 e. The Kier molecular flexibility index (Phi) is 25.0. The maximum atomic E-state index is 12.1. The van der Waals surface area contributed by atoms with Crippen molar-refractivity contribution < 1.29 is 9.59 Å². The zero-order chi connectivity index (χ0) is 26.0. The summed E-state index contributed by atoms with van der Waals surface area (Å²) in [5.41, 5.74) is 11.0. The molecule has 0 heterocycles. The molecule has 0 aliphatic rings. The van der Waals surface area contributed by atoms with E-state index in [1.165, 1.54) is 12.8 Å². The average Bonchev–Trinajstić information content (AvgIpc) is 2.83. The molecular weight excluding hydrogens is 438 g/mol. The lowest BCUT2D eigenvalue weighted by Crippen LogP contribution is -2.29. The third-order valence-corrected chi connectivity index (χ3v) is 6.42. The molecule has 0 saturated heterocycles. The second-order valence-corrected chi connectivity index (χ2v) is 10.4. The zero-order valence-electron chi connectivity index (χ0n) is 23.3. The third-order valence-electron chi connectivity index (χ3n) is 6.42. The summed E-state index contributed by atoms with van der Waals surface area (Å²) in [4.78, 5) is 26.6. The smallest absolute Gasteiger partial charge is 0.219 e. The van der Waals surface area contributed by atoms with E-state index in [2.05, 4.69) is 29.4 Å². The number of nitrogens with one attached hydrogen (secondary N) is 2. The van der Waals surface area contributed by atoms with Gasteiger partial charge in [-0.15, -0.1) is 0 Å². The van der Waals surface area contributed by atoms with Crippen LogP contribution in [0.15, 0.2) is 0 Å². The maximum absolute atomic E-state index is 12.1. The van der Waals surface area contributed by atoms with E-state index in [9.17, 15) is 9.59 Å². The molecule has 0 saturated carbocycles. The third kappa shape index (κ3) is 25.7. The van der Waals surface area contributed by atoms with Crippen molar-refractivity contribution >= 4 is 11.8 Å². The van der Waals surface area contributed by atoms with E-state index < -0.39 is 0 Å². The first-order chi connectivity index (χ1) is 17.0. The van der Waals surface area contributed by atoms with Crippen molar-refractivity contribution in [2.24, 2.45) is 17.4 Å². The van der Waals surface area contributed by atoms with Gasteiger partial charge in [-0.25, -0.2) is 0 Å². The number of rotatable bonds is 26. The number of carbonyl (C=O) groups excluding carboxylic acids is 2. The fraction of sp³-hybridized carbons (Fsp3) is 0.929. The molecule has 7 heteroatoms. The van der Waals surface area contributed by atoms with E-state index in [4.69, 9.17) is 11.5 Å². The minimum absolute atomic E-state index is 0.181. The molecule has 0 aliphatic carbocycles. The number of nitrogens with two attached hydrogens (primary N) is 2. The highest BCUT2D eigenvalue weighted by atomic mass is 16.2. The van der Waals surface area contributed by atoms with E-state index in [0.29, 0.717) is 12.8 Å². The highest BCUT2D eigenvalue weighted by molar-refractivity contribution is 5.76. The lowest BCUT2D eigenvalue weighted by atomic mass is 10.1. The summed E-state index contributed by atoms with van der Waals surface area (Å²) in [6.45, 7) is 10.8. The highest BCUT2D eigenvalue weighted by Gasteiger charge is 2.08. The lowest BCUT2D eigenvalue weighted by Gasteiger charge is -2.22. The summed E-state index contributed by atoms with van der Waals surface area (Å²) in [6.07, 6.45) is 16.5. The highest BCUT2D eigenvalue weighted by Crippen LogP contribution is 2.09. The monoisotopic (exact) mass is 497 g/mol. The Morgan fingerprint density at radius 1 is 0.600 bits per heavy atom. The zero-order valence-corrected chi connectivity index (χ0v) is 23.3. The van der Waals surface area contributed by atoms with E-state index in [-0.39, 0.29) is 11.8 Å². The predicted octanol–water partition coefficient (Wildman–Crippen LogP) is 4.34. The summed E-state index contributed by atoms with van der Waals surface area (Å²) in [6, 6.07) is 0. The van der Waals surface area contributed by atoms with Crippen LogP contribution in [0.2, 0.25) is 0 Å². The summed E-state index contributed by atoms with van der Waals surface area (Å²) in [7, 11) is 0. The summed E-state index contributed by atoms with van der Waals surface area (Å²) >= 11 is 0. The first-order valence-electron chi connectivity index (χ1n) is 14.7. The molecule has 0 aromatic carbocycles. The Balaban J connectivity index is 3.97. The predicted molar refractivity (Wildman–Crippen MR) is 149 cm³/mol. The fourth-order valence-electron chi connectivity index (χ4n) is 4.18. The van der Waals surface area contributed by atoms with Crippen LogP contribution in [0.5, 0.6) is 0 Å². The van der Waals surface area contributed by atoms with Crippen molar-refractivity contribution in [3.8, 4) is 0 Å². The molecule has 0 aliphatic heterocycles. The molecule has 0 atom stereocenters. The Bertz CT molecular complexity index is 452. The SMILES string of the molecule is CC(C)CCCN(CCCCC(=O)NCCCCCCN)CCCCC(=O)NCCCCCCN. The van der Waals surface area contributed by atoms with Gasteiger partial charge < -0.3 is 27.0 Å². The molecule has 0 bridgehead atoms. The van der Waals surface area contributed by atoms with Crippen LogP contribution in [0, 0.1) is 5.92 Å². The molecule has 0 rings (SSSR count). The largest absolute Gasteiger partial charge is 0.356 e. The van der Waals surface area contributed by atoms with E-state index in [1.807, 2.05) is 0 Å². The maximum Gasteiger partial charge on any atom is 0.219 e. The topological polar surface area (TPSA) is 113 Å². The Morgan fingerprint density at radius 2 is 1.03 bits per heavy atom.